The Morgan fingerprint density at radius 1 is 1.30 bits per heavy atom. The van der Waals surface area contributed by atoms with E-state index < -0.39 is 10.0 Å². The quantitative estimate of drug-likeness (QED) is 0.894. The molecule has 1 fully saturated rings. The van der Waals surface area contributed by atoms with Gasteiger partial charge in [-0.2, -0.15) is 5.10 Å². The van der Waals surface area contributed by atoms with Gasteiger partial charge in [0.05, 0.1) is 5.69 Å². The molecule has 1 unspecified atom stereocenters. The van der Waals surface area contributed by atoms with Crippen LogP contribution in [0.1, 0.15) is 17.7 Å². The van der Waals surface area contributed by atoms with Crippen molar-refractivity contribution in [1.82, 2.24) is 19.4 Å². The predicted molar refractivity (Wildman–Crippen MR) is 88.4 cm³/mol. The third-order valence-corrected chi connectivity index (χ3v) is 5.72. The van der Waals surface area contributed by atoms with E-state index in [1.165, 1.54) is 10.2 Å². The summed E-state index contributed by atoms with van der Waals surface area (Å²) in [6.45, 7) is 4.19. The lowest BCUT2D eigenvalue weighted by Gasteiger charge is -2.16. The van der Waals surface area contributed by atoms with Crippen molar-refractivity contribution in [1.29, 1.82) is 0 Å². The van der Waals surface area contributed by atoms with Gasteiger partial charge in [0.25, 0.3) is 0 Å². The molecule has 7 heteroatoms. The highest BCUT2D eigenvalue weighted by Crippen LogP contribution is 2.18. The van der Waals surface area contributed by atoms with Gasteiger partial charge < -0.3 is 0 Å². The smallest absolute Gasteiger partial charge is 0.244 e. The number of nitrogens with zero attached hydrogens (tertiary/aromatic N) is 3. The highest BCUT2D eigenvalue weighted by atomic mass is 32.2. The molecule has 0 spiro atoms. The molecule has 0 amide bonds. The summed E-state index contributed by atoms with van der Waals surface area (Å²) in [5.41, 5.74) is 1.78. The van der Waals surface area contributed by atoms with Gasteiger partial charge >= 0.3 is 0 Å². The summed E-state index contributed by atoms with van der Waals surface area (Å²) in [7, 11) is -1.78. The first kappa shape index (κ1) is 16.2. The summed E-state index contributed by atoms with van der Waals surface area (Å²) in [5, 5.41) is 4.11. The van der Waals surface area contributed by atoms with E-state index in [2.05, 4.69) is 26.9 Å². The molecule has 1 aliphatic heterocycles. The summed E-state index contributed by atoms with van der Waals surface area (Å²) < 4.78 is 29.4. The van der Waals surface area contributed by atoms with Crippen molar-refractivity contribution in [3.05, 3.63) is 47.8 Å². The zero-order valence-corrected chi connectivity index (χ0v) is 14.3. The summed E-state index contributed by atoms with van der Waals surface area (Å²) in [4.78, 5) is 2.54. The summed E-state index contributed by atoms with van der Waals surface area (Å²) in [6.07, 6.45) is 2.37. The van der Waals surface area contributed by atoms with Crippen molar-refractivity contribution in [2.45, 2.75) is 30.8 Å². The van der Waals surface area contributed by atoms with Crippen molar-refractivity contribution in [3.63, 3.8) is 0 Å². The van der Waals surface area contributed by atoms with Crippen molar-refractivity contribution in [2.75, 3.05) is 13.1 Å². The van der Waals surface area contributed by atoms with Crippen LogP contribution in [0.15, 0.2) is 41.4 Å². The minimum absolute atomic E-state index is 0.0525. The second-order valence-electron chi connectivity index (χ2n) is 6.08. The third kappa shape index (κ3) is 3.80. The third-order valence-electron chi connectivity index (χ3n) is 4.10. The molecule has 6 nitrogen and oxygen atoms in total. The Kier molecular flexibility index (Phi) is 4.52. The fraction of sp³-hybridized carbons (Fsp3) is 0.438. The van der Waals surface area contributed by atoms with Gasteiger partial charge in [-0.05, 0) is 18.9 Å². The predicted octanol–water partition coefficient (Wildman–Crippen LogP) is 1.28. The largest absolute Gasteiger partial charge is 0.297 e. The van der Waals surface area contributed by atoms with Crippen LogP contribution in [-0.4, -0.2) is 42.2 Å². The topological polar surface area (TPSA) is 67.2 Å². The van der Waals surface area contributed by atoms with E-state index in [-0.39, 0.29) is 10.9 Å². The Bertz CT molecular complexity index is 771. The molecule has 0 radical (unpaired) electrons. The lowest BCUT2D eigenvalue weighted by molar-refractivity contribution is 0.324. The van der Waals surface area contributed by atoms with Crippen LogP contribution in [0.25, 0.3) is 0 Å². The highest BCUT2D eigenvalue weighted by molar-refractivity contribution is 7.89. The number of aromatic nitrogens is 2. The molecule has 1 aromatic heterocycles. The van der Waals surface area contributed by atoms with Crippen LogP contribution >= 0.6 is 0 Å². The van der Waals surface area contributed by atoms with E-state index in [4.69, 9.17) is 0 Å². The number of likely N-dealkylation sites (tertiary alicyclic amines) is 1. The van der Waals surface area contributed by atoms with E-state index in [9.17, 15) is 8.42 Å². The monoisotopic (exact) mass is 334 g/mol. The maximum Gasteiger partial charge on any atom is 0.244 e. The fourth-order valence-corrected chi connectivity index (χ4v) is 4.52. The van der Waals surface area contributed by atoms with Crippen molar-refractivity contribution < 1.29 is 8.42 Å². The first-order valence-corrected chi connectivity index (χ1v) is 9.21. The SMILES string of the molecule is Cc1nn(C)cc1S(=O)(=O)NC1CCN(Cc2ccccc2)C1. The van der Waals surface area contributed by atoms with E-state index in [1.807, 2.05) is 18.2 Å². The van der Waals surface area contributed by atoms with Gasteiger partial charge in [0.2, 0.25) is 10.0 Å². The molecule has 0 saturated carbocycles. The first-order valence-electron chi connectivity index (χ1n) is 7.73. The van der Waals surface area contributed by atoms with E-state index in [0.29, 0.717) is 5.69 Å². The molecule has 1 atom stereocenters. The molecule has 1 aliphatic rings. The average Bonchev–Trinajstić information content (AvgIpc) is 3.06. The lowest BCUT2D eigenvalue weighted by atomic mass is 10.2. The van der Waals surface area contributed by atoms with Crippen molar-refractivity contribution in [3.8, 4) is 0 Å². The van der Waals surface area contributed by atoms with Gasteiger partial charge in [-0.15, -0.1) is 0 Å². The number of sulfonamides is 1. The molecule has 0 aliphatic carbocycles. The molecule has 2 aromatic rings. The summed E-state index contributed by atoms with van der Waals surface area (Å²) in [6, 6.07) is 10.2. The van der Waals surface area contributed by atoms with Gasteiger partial charge in [0.15, 0.2) is 0 Å². The molecule has 1 N–H and O–H groups in total. The Morgan fingerprint density at radius 2 is 2.04 bits per heavy atom. The Balaban J connectivity index is 1.62. The van der Waals surface area contributed by atoms with Crippen LogP contribution in [0.3, 0.4) is 0 Å². The van der Waals surface area contributed by atoms with E-state index in [1.54, 1.807) is 20.2 Å². The molecule has 1 aromatic carbocycles. The van der Waals surface area contributed by atoms with Crippen molar-refractivity contribution >= 4 is 10.0 Å². The molecule has 0 bridgehead atoms. The molecule has 3 rings (SSSR count). The zero-order chi connectivity index (χ0) is 16.4. The molecular formula is C16H22N4O2S. The van der Waals surface area contributed by atoms with Crippen LogP contribution in [-0.2, 0) is 23.6 Å². The van der Waals surface area contributed by atoms with Crippen LogP contribution in [0.4, 0.5) is 0 Å². The maximum absolute atomic E-state index is 12.5. The Labute approximate surface area is 137 Å². The van der Waals surface area contributed by atoms with Crippen molar-refractivity contribution in [2.24, 2.45) is 7.05 Å². The van der Waals surface area contributed by atoms with Crippen LogP contribution in [0, 0.1) is 6.92 Å². The average molecular weight is 334 g/mol. The van der Waals surface area contributed by atoms with Gasteiger partial charge in [-0.1, -0.05) is 30.3 Å². The molecule has 2 heterocycles. The number of hydrogen-bond acceptors (Lipinski definition) is 4. The van der Waals surface area contributed by atoms with Crippen LogP contribution in [0.5, 0.6) is 0 Å². The molecular weight excluding hydrogens is 312 g/mol. The van der Waals surface area contributed by atoms with Crippen LogP contribution in [0.2, 0.25) is 0 Å². The van der Waals surface area contributed by atoms with Gasteiger partial charge in [0.1, 0.15) is 4.90 Å². The Morgan fingerprint density at radius 3 is 2.70 bits per heavy atom. The van der Waals surface area contributed by atoms with E-state index in [0.717, 1.165) is 26.1 Å². The normalized spacial score (nSPS) is 19.3. The van der Waals surface area contributed by atoms with Crippen LogP contribution < -0.4 is 4.72 Å². The number of nitrogens with one attached hydrogen (secondary N) is 1. The molecule has 23 heavy (non-hydrogen) atoms. The number of aryl methyl sites for hydroxylation is 2. The molecule has 1 saturated heterocycles. The fourth-order valence-electron chi connectivity index (χ4n) is 3.04. The first-order chi connectivity index (χ1) is 10.9. The van der Waals surface area contributed by atoms with Gasteiger partial charge in [-0.25, -0.2) is 13.1 Å². The second-order valence-corrected chi connectivity index (χ2v) is 7.76. The highest BCUT2D eigenvalue weighted by Gasteiger charge is 2.28. The van der Waals surface area contributed by atoms with Gasteiger partial charge in [0, 0.05) is 38.9 Å². The van der Waals surface area contributed by atoms with E-state index >= 15 is 0 Å². The number of benzene rings is 1. The maximum atomic E-state index is 12.5. The number of rotatable bonds is 5. The zero-order valence-electron chi connectivity index (χ0n) is 13.4. The molecule has 124 valence electrons. The summed E-state index contributed by atoms with van der Waals surface area (Å²) >= 11 is 0. The number of hydrogen-bond donors (Lipinski definition) is 1. The summed E-state index contributed by atoms with van der Waals surface area (Å²) in [5.74, 6) is 0. The second kappa shape index (κ2) is 6.43. The van der Waals surface area contributed by atoms with Gasteiger partial charge in [-0.3, -0.25) is 9.58 Å². The Hall–Kier alpha value is -1.70. The minimum Gasteiger partial charge on any atom is -0.297 e. The minimum atomic E-state index is -3.51. The lowest BCUT2D eigenvalue weighted by Crippen LogP contribution is -2.37. The standard InChI is InChI=1S/C16H22N4O2S/c1-13-16(12-19(2)17-13)23(21,22)18-15-8-9-20(11-15)10-14-6-4-3-5-7-14/h3-7,12,15,18H,8-11H2,1-2H3.